The smallest absolute Gasteiger partial charge is 0.208 e. The average Bonchev–Trinajstić information content (AvgIpc) is 2.17. The van der Waals surface area contributed by atoms with Crippen LogP contribution in [0.2, 0.25) is 0 Å². The Morgan fingerprint density at radius 3 is 2.15 bits per heavy atom. The van der Waals surface area contributed by atoms with Gasteiger partial charge < -0.3 is 0 Å². The second-order valence-corrected chi connectivity index (χ2v) is 3.30. The van der Waals surface area contributed by atoms with E-state index in [9.17, 15) is 8.78 Å². The van der Waals surface area contributed by atoms with Crippen LogP contribution in [0.15, 0.2) is 24.3 Å². The van der Waals surface area contributed by atoms with Crippen LogP contribution in [0, 0.1) is 0 Å². The zero-order chi connectivity index (χ0) is 9.84. The molecule has 72 valence electrons. The van der Waals surface area contributed by atoms with E-state index < -0.39 is 11.8 Å². The molecule has 0 N–H and O–H groups in total. The van der Waals surface area contributed by atoms with Gasteiger partial charge in [-0.1, -0.05) is 31.2 Å². The molecule has 0 radical (unpaired) electrons. The molecule has 3 heteroatoms. The molecule has 0 saturated carbocycles. The molecule has 0 heterocycles. The van der Waals surface area contributed by atoms with Crippen molar-refractivity contribution in [2.24, 2.45) is 0 Å². The molecule has 1 unspecified atom stereocenters. The lowest BCUT2D eigenvalue weighted by Gasteiger charge is -2.08. The van der Waals surface area contributed by atoms with E-state index in [4.69, 9.17) is 11.6 Å². The summed E-state index contributed by atoms with van der Waals surface area (Å²) in [5, 5.41) is -1.19. The molecule has 0 bridgehead atoms. The van der Waals surface area contributed by atoms with Crippen molar-refractivity contribution < 1.29 is 8.78 Å². The normalized spacial score (nSPS) is 13.3. The molecule has 0 nitrogen and oxygen atoms in total. The van der Waals surface area contributed by atoms with Crippen molar-refractivity contribution in [3.63, 3.8) is 0 Å². The van der Waals surface area contributed by atoms with E-state index in [0.29, 0.717) is 5.56 Å². The van der Waals surface area contributed by atoms with Crippen molar-refractivity contribution in [1.82, 2.24) is 0 Å². The van der Waals surface area contributed by atoms with Crippen molar-refractivity contribution in [3.8, 4) is 0 Å². The first-order chi connectivity index (χ1) is 6.15. The largest absolute Gasteiger partial charge is 0.258 e. The Balaban J connectivity index is 2.79. The number of hydrogen-bond donors (Lipinski definition) is 0. The molecule has 1 aromatic rings. The van der Waals surface area contributed by atoms with Gasteiger partial charge in [-0.15, -0.1) is 11.6 Å². The minimum atomic E-state index is -2.51. The molecule has 0 saturated heterocycles. The van der Waals surface area contributed by atoms with Gasteiger partial charge in [0.15, 0.2) is 0 Å². The molecule has 0 spiro atoms. The van der Waals surface area contributed by atoms with Crippen molar-refractivity contribution >= 4 is 11.6 Å². The molecule has 13 heavy (non-hydrogen) atoms. The zero-order valence-electron chi connectivity index (χ0n) is 7.31. The maximum absolute atomic E-state index is 12.2. The predicted octanol–water partition coefficient (Wildman–Crippen LogP) is 3.79. The van der Waals surface area contributed by atoms with E-state index in [1.165, 1.54) is 0 Å². The van der Waals surface area contributed by atoms with Gasteiger partial charge >= 0.3 is 0 Å². The second-order valence-electron chi connectivity index (χ2n) is 2.83. The molecule has 0 aliphatic heterocycles. The first-order valence-corrected chi connectivity index (χ1v) is 4.60. The lowest BCUT2D eigenvalue weighted by Crippen LogP contribution is -2.01. The quantitative estimate of drug-likeness (QED) is 0.657. The van der Waals surface area contributed by atoms with Crippen LogP contribution in [0.5, 0.6) is 0 Å². The van der Waals surface area contributed by atoms with E-state index in [2.05, 4.69) is 0 Å². The highest BCUT2D eigenvalue weighted by atomic mass is 35.5. The molecule has 1 aromatic carbocycles. The predicted molar refractivity (Wildman–Crippen MR) is 50.4 cm³/mol. The van der Waals surface area contributed by atoms with Crippen molar-refractivity contribution in [2.75, 3.05) is 0 Å². The Kier molecular flexibility index (Phi) is 3.67. The van der Waals surface area contributed by atoms with Crippen LogP contribution in [0.25, 0.3) is 0 Å². The van der Waals surface area contributed by atoms with Crippen LogP contribution < -0.4 is 0 Å². The molecule has 0 aromatic heterocycles. The number of rotatable bonds is 3. The van der Waals surface area contributed by atoms with E-state index in [0.717, 1.165) is 12.0 Å². The van der Waals surface area contributed by atoms with Crippen LogP contribution in [0.3, 0.4) is 0 Å². The maximum atomic E-state index is 12.2. The first-order valence-electron chi connectivity index (χ1n) is 4.16. The lowest BCUT2D eigenvalue weighted by molar-refractivity contribution is 0.143. The minimum Gasteiger partial charge on any atom is -0.208 e. The molecular weight excluding hydrogens is 194 g/mol. The Labute approximate surface area is 81.5 Å². The third-order valence-corrected chi connectivity index (χ3v) is 2.37. The fourth-order valence-corrected chi connectivity index (χ4v) is 1.23. The number of alkyl halides is 3. The summed E-state index contributed by atoms with van der Waals surface area (Å²) in [7, 11) is 0. The van der Waals surface area contributed by atoms with Crippen LogP contribution in [0.1, 0.15) is 23.4 Å². The fraction of sp³-hybridized carbons (Fsp3) is 0.400. The van der Waals surface area contributed by atoms with Gasteiger partial charge in [-0.25, -0.2) is 8.78 Å². The third kappa shape index (κ3) is 2.66. The summed E-state index contributed by atoms with van der Waals surface area (Å²) in [5.74, 6) is 0. The fourth-order valence-electron chi connectivity index (χ4n) is 1.08. The topological polar surface area (TPSA) is 0 Å². The highest BCUT2D eigenvalue weighted by Crippen LogP contribution is 2.27. The van der Waals surface area contributed by atoms with Gasteiger partial charge in [0.05, 0.1) is 0 Å². The van der Waals surface area contributed by atoms with E-state index >= 15 is 0 Å². The van der Waals surface area contributed by atoms with Gasteiger partial charge in [-0.2, -0.15) is 0 Å². The van der Waals surface area contributed by atoms with Crippen LogP contribution in [-0.4, -0.2) is 6.43 Å². The van der Waals surface area contributed by atoms with Gasteiger partial charge in [-0.05, 0) is 17.5 Å². The summed E-state index contributed by atoms with van der Waals surface area (Å²) in [6, 6.07) is 6.96. The Morgan fingerprint density at radius 1 is 1.23 bits per heavy atom. The molecule has 0 aliphatic carbocycles. The molecule has 0 fully saturated rings. The summed E-state index contributed by atoms with van der Waals surface area (Å²) < 4.78 is 24.3. The number of halogens is 3. The van der Waals surface area contributed by atoms with Crippen molar-refractivity contribution in [2.45, 2.75) is 25.1 Å². The molecular formula is C10H11ClF2. The Hall–Kier alpha value is -0.630. The van der Waals surface area contributed by atoms with Gasteiger partial charge in [0.25, 0.3) is 6.43 Å². The highest BCUT2D eigenvalue weighted by molar-refractivity contribution is 6.21. The maximum Gasteiger partial charge on any atom is 0.258 e. The van der Waals surface area contributed by atoms with Gasteiger partial charge in [0.1, 0.15) is 5.38 Å². The van der Waals surface area contributed by atoms with Gasteiger partial charge in [0, 0.05) is 0 Å². The first kappa shape index (κ1) is 10.5. The third-order valence-electron chi connectivity index (χ3n) is 1.93. The van der Waals surface area contributed by atoms with E-state index in [-0.39, 0.29) is 0 Å². The SMILES string of the molecule is CCc1ccc(C(Cl)C(F)F)cc1. The average molecular weight is 205 g/mol. The standard InChI is InChI=1S/C10H11ClF2/c1-2-7-3-5-8(6-4-7)9(11)10(12)13/h3-6,9-10H,2H2,1H3. The summed E-state index contributed by atoms with van der Waals surface area (Å²) in [6.07, 6.45) is -1.60. The molecule has 0 amide bonds. The second kappa shape index (κ2) is 4.56. The summed E-state index contributed by atoms with van der Waals surface area (Å²) in [6.45, 7) is 2.01. The number of aryl methyl sites for hydroxylation is 1. The summed E-state index contributed by atoms with van der Waals surface area (Å²) >= 11 is 5.49. The van der Waals surface area contributed by atoms with Crippen molar-refractivity contribution in [1.29, 1.82) is 0 Å². The highest BCUT2D eigenvalue weighted by Gasteiger charge is 2.18. The molecule has 1 atom stereocenters. The summed E-state index contributed by atoms with van der Waals surface area (Å²) in [4.78, 5) is 0. The van der Waals surface area contributed by atoms with Crippen molar-refractivity contribution in [3.05, 3.63) is 35.4 Å². The van der Waals surface area contributed by atoms with E-state index in [1.54, 1.807) is 12.1 Å². The van der Waals surface area contributed by atoms with Gasteiger partial charge in [0.2, 0.25) is 0 Å². The monoisotopic (exact) mass is 204 g/mol. The van der Waals surface area contributed by atoms with Crippen LogP contribution in [-0.2, 0) is 6.42 Å². The van der Waals surface area contributed by atoms with E-state index in [1.807, 2.05) is 19.1 Å². The molecule has 1 rings (SSSR count). The summed E-state index contributed by atoms with van der Waals surface area (Å²) in [5.41, 5.74) is 1.61. The Bertz CT molecular complexity index is 256. The number of hydrogen-bond acceptors (Lipinski definition) is 0. The lowest BCUT2D eigenvalue weighted by atomic mass is 10.1. The minimum absolute atomic E-state index is 0.480. The van der Waals surface area contributed by atoms with Crippen LogP contribution >= 0.6 is 11.6 Å². The molecule has 0 aliphatic rings. The number of benzene rings is 1. The van der Waals surface area contributed by atoms with Gasteiger partial charge in [-0.3, -0.25) is 0 Å². The Morgan fingerprint density at radius 2 is 1.77 bits per heavy atom. The zero-order valence-corrected chi connectivity index (χ0v) is 8.06. The van der Waals surface area contributed by atoms with Crippen LogP contribution in [0.4, 0.5) is 8.78 Å².